The zero-order valence-electron chi connectivity index (χ0n) is 7.14. The topological polar surface area (TPSA) is 73.1 Å². The van der Waals surface area contributed by atoms with Gasteiger partial charge in [0.2, 0.25) is 0 Å². The van der Waals surface area contributed by atoms with Crippen molar-refractivity contribution in [3.8, 4) is 0 Å². The van der Waals surface area contributed by atoms with Gasteiger partial charge in [0.25, 0.3) is 5.69 Å². The van der Waals surface area contributed by atoms with Gasteiger partial charge >= 0.3 is 0 Å². The molecule has 0 saturated heterocycles. The number of hydrogen-bond donors (Lipinski definition) is 0. The first-order valence-electron chi connectivity index (χ1n) is 3.81. The Kier molecular flexibility index (Phi) is 2.49. The molecule has 5 nitrogen and oxygen atoms in total. The number of benzene rings is 1. The fraction of sp³-hybridized carbons (Fsp3) is 0. The van der Waals surface area contributed by atoms with Gasteiger partial charge < -0.3 is 0 Å². The van der Waals surface area contributed by atoms with Gasteiger partial charge in [0.1, 0.15) is 0 Å². The number of nitro benzene ring substituents is 1. The van der Waals surface area contributed by atoms with Crippen molar-refractivity contribution in [2.24, 2.45) is 0 Å². The van der Waals surface area contributed by atoms with Gasteiger partial charge in [0, 0.05) is 16.6 Å². The molecule has 7 heteroatoms. The Labute approximate surface area is 96.0 Å². The van der Waals surface area contributed by atoms with E-state index in [0.717, 1.165) is 4.70 Å². The summed E-state index contributed by atoms with van der Waals surface area (Å²) in [6.07, 6.45) is 0.628. The van der Waals surface area contributed by atoms with Crippen molar-refractivity contribution in [3.63, 3.8) is 0 Å². The van der Waals surface area contributed by atoms with E-state index in [0.29, 0.717) is 21.3 Å². The molecule has 0 aliphatic carbocycles. The Morgan fingerprint density at radius 1 is 1.53 bits per heavy atom. The van der Waals surface area contributed by atoms with Gasteiger partial charge in [-0.1, -0.05) is 0 Å². The lowest BCUT2D eigenvalue weighted by Crippen LogP contribution is -1.87. The second-order valence-corrected chi connectivity index (χ2v) is 4.59. The summed E-state index contributed by atoms with van der Waals surface area (Å²) < 4.78 is 1.32. The maximum atomic E-state index is 10.6. The second-order valence-electron chi connectivity index (χ2n) is 2.70. The molecule has 1 aromatic heterocycles. The predicted molar refractivity (Wildman–Crippen MR) is 59.4 cm³/mol. The molecule has 76 valence electrons. The van der Waals surface area contributed by atoms with Crippen LogP contribution in [-0.4, -0.2) is 16.2 Å². The molecule has 0 spiro atoms. The van der Waals surface area contributed by atoms with Crippen LogP contribution in [0.15, 0.2) is 16.6 Å². The summed E-state index contributed by atoms with van der Waals surface area (Å²) in [6.45, 7) is 0. The Balaban J connectivity index is 2.75. The van der Waals surface area contributed by atoms with Crippen molar-refractivity contribution in [3.05, 3.63) is 31.7 Å². The SMILES string of the molecule is O=Cc1nc2cc([N+](=O)[O-])cc(Br)c2s1. The number of aldehydes is 1. The van der Waals surface area contributed by atoms with E-state index in [1.807, 2.05) is 0 Å². The van der Waals surface area contributed by atoms with Gasteiger partial charge in [0.05, 0.1) is 15.1 Å². The maximum Gasteiger partial charge on any atom is 0.272 e. The van der Waals surface area contributed by atoms with Crippen molar-refractivity contribution in [2.45, 2.75) is 0 Å². The predicted octanol–water partition coefficient (Wildman–Crippen LogP) is 2.78. The van der Waals surface area contributed by atoms with Crippen LogP contribution in [0.5, 0.6) is 0 Å². The molecule has 0 aliphatic rings. The molecule has 0 aliphatic heterocycles. The molecular formula is C8H3BrN2O3S. The van der Waals surface area contributed by atoms with Crippen LogP contribution in [0.2, 0.25) is 0 Å². The highest BCUT2D eigenvalue weighted by Crippen LogP contribution is 2.32. The number of carbonyl (C=O) groups excluding carboxylic acids is 1. The summed E-state index contributed by atoms with van der Waals surface area (Å²) in [6, 6.07) is 2.75. The van der Waals surface area contributed by atoms with Crippen LogP contribution >= 0.6 is 27.3 Å². The third kappa shape index (κ3) is 1.75. The summed E-state index contributed by atoms with van der Waals surface area (Å²) >= 11 is 4.40. The fourth-order valence-corrected chi connectivity index (χ4v) is 2.60. The van der Waals surface area contributed by atoms with E-state index in [1.165, 1.54) is 23.5 Å². The van der Waals surface area contributed by atoms with Gasteiger partial charge in [-0.25, -0.2) is 4.98 Å². The van der Waals surface area contributed by atoms with Crippen molar-refractivity contribution in [1.82, 2.24) is 4.98 Å². The number of rotatable bonds is 2. The molecule has 2 aromatic rings. The summed E-state index contributed by atoms with van der Waals surface area (Å²) in [5, 5.41) is 10.9. The van der Waals surface area contributed by atoms with E-state index >= 15 is 0 Å². The minimum atomic E-state index is -0.496. The van der Waals surface area contributed by atoms with Gasteiger partial charge in [0.15, 0.2) is 11.3 Å². The molecule has 0 amide bonds. The van der Waals surface area contributed by atoms with Gasteiger partial charge in [-0.05, 0) is 15.9 Å². The molecule has 0 radical (unpaired) electrons. The van der Waals surface area contributed by atoms with Crippen LogP contribution in [-0.2, 0) is 0 Å². The highest BCUT2D eigenvalue weighted by Gasteiger charge is 2.13. The van der Waals surface area contributed by atoms with Gasteiger partial charge in [-0.3, -0.25) is 14.9 Å². The standard InChI is InChI=1S/C8H3BrN2O3S/c9-5-1-4(11(13)14)2-6-8(5)15-7(3-12)10-6/h1-3H. The smallest absolute Gasteiger partial charge is 0.272 e. The van der Waals surface area contributed by atoms with Crippen LogP contribution in [0.1, 0.15) is 9.80 Å². The molecule has 0 saturated carbocycles. The normalized spacial score (nSPS) is 10.5. The first-order chi connectivity index (χ1) is 7.11. The number of fused-ring (bicyclic) bond motifs is 1. The average Bonchev–Trinajstić information content (AvgIpc) is 2.61. The van der Waals surface area contributed by atoms with Crippen molar-refractivity contribution in [1.29, 1.82) is 0 Å². The molecule has 2 rings (SSSR count). The van der Waals surface area contributed by atoms with Gasteiger partial charge in [-0.15, -0.1) is 11.3 Å². The molecule has 1 heterocycles. The maximum absolute atomic E-state index is 10.6. The zero-order chi connectivity index (χ0) is 11.0. The summed E-state index contributed by atoms with van der Waals surface area (Å²) in [4.78, 5) is 24.5. The third-order valence-corrected chi connectivity index (χ3v) is 3.68. The minimum Gasteiger partial charge on any atom is -0.295 e. The third-order valence-electron chi connectivity index (χ3n) is 1.76. The number of nitrogens with zero attached hydrogens (tertiary/aromatic N) is 2. The van der Waals surface area contributed by atoms with Crippen LogP contribution in [0.25, 0.3) is 10.2 Å². The van der Waals surface area contributed by atoms with Crippen molar-refractivity contribution < 1.29 is 9.72 Å². The number of carbonyl (C=O) groups is 1. The largest absolute Gasteiger partial charge is 0.295 e. The van der Waals surface area contributed by atoms with Gasteiger partial charge in [-0.2, -0.15) is 0 Å². The minimum absolute atomic E-state index is 0.0443. The quantitative estimate of drug-likeness (QED) is 0.483. The van der Waals surface area contributed by atoms with E-state index in [2.05, 4.69) is 20.9 Å². The lowest BCUT2D eigenvalue weighted by atomic mass is 10.3. The average molecular weight is 287 g/mol. The first kappa shape index (κ1) is 10.2. The molecule has 15 heavy (non-hydrogen) atoms. The van der Waals surface area contributed by atoms with E-state index in [-0.39, 0.29) is 5.69 Å². The number of nitro groups is 1. The number of halogens is 1. The molecule has 0 N–H and O–H groups in total. The molecular weight excluding hydrogens is 284 g/mol. The van der Waals surface area contributed by atoms with Crippen molar-refractivity contribution >= 4 is 49.5 Å². The van der Waals surface area contributed by atoms with E-state index in [1.54, 1.807) is 0 Å². The number of thiazole rings is 1. The van der Waals surface area contributed by atoms with Crippen molar-refractivity contribution in [2.75, 3.05) is 0 Å². The number of aromatic nitrogens is 1. The molecule has 0 fully saturated rings. The Morgan fingerprint density at radius 2 is 2.27 bits per heavy atom. The number of non-ortho nitro benzene ring substituents is 1. The fourth-order valence-electron chi connectivity index (χ4n) is 1.15. The molecule has 0 atom stereocenters. The van der Waals surface area contributed by atoms with Crippen LogP contribution in [0.3, 0.4) is 0 Å². The highest BCUT2D eigenvalue weighted by atomic mass is 79.9. The summed E-state index contributed by atoms with van der Waals surface area (Å²) in [5.41, 5.74) is 0.417. The Hall–Kier alpha value is -1.34. The lowest BCUT2D eigenvalue weighted by molar-refractivity contribution is -0.384. The second kappa shape index (κ2) is 3.67. The Morgan fingerprint density at radius 3 is 2.87 bits per heavy atom. The lowest BCUT2D eigenvalue weighted by Gasteiger charge is -1.93. The van der Waals surface area contributed by atoms with E-state index in [4.69, 9.17) is 0 Å². The Bertz CT molecular complexity index is 566. The van der Waals surface area contributed by atoms with Crippen LogP contribution in [0, 0.1) is 10.1 Å². The molecule has 0 bridgehead atoms. The number of hydrogen-bond acceptors (Lipinski definition) is 5. The van der Waals surface area contributed by atoms with Crippen LogP contribution in [0.4, 0.5) is 5.69 Å². The molecule has 1 aromatic carbocycles. The summed E-state index contributed by atoms with van der Waals surface area (Å²) in [5.74, 6) is 0. The van der Waals surface area contributed by atoms with E-state index < -0.39 is 4.92 Å². The monoisotopic (exact) mass is 286 g/mol. The zero-order valence-corrected chi connectivity index (χ0v) is 9.54. The summed E-state index contributed by atoms with van der Waals surface area (Å²) in [7, 11) is 0. The van der Waals surface area contributed by atoms with E-state index in [9.17, 15) is 14.9 Å². The van der Waals surface area contributed by atoms with Crippen LogP contribution < -0.4 is 0 Å². The molecule has 0 unspecified atom stereocenters. The highest BCUT2D eigenvalue weighted by molar-refractivity contribution is 9.10. The first-order valence-corrected chi connectivity index (χ1v) is 5.42.